The van der Waals surface area contributed by atoms with Crippen LogP contribution in [0.5, 0.6) is 0 Å². The first-order valence-corrected chi connectivity index (χ1v) is 5.68. The van der Waals surface area contributed by atoms with Gasteiger partial charge in [0, 0.05) is 18.9 Å². The third-order valence-corrected chi connectivity index (χ3v) is 2.64. The smallest absolute Gasteiger partial charge is 0.201 e. The van der Waals surface area contributed by atoms with Crippen molar-refractivity contribution >= 4 is 17.0 Å². The molecule has 0 aliphatic heterocycles. The Hall–Kier alpha value is -2.37. The van der Waals surface area contributed by atoms with Crippen molar-refractivity contribution in [1.29, 1.82) is 0 Å². The average Bonchev–Trinajstić information content (AvgIpc) is 2.97. The molecule has 0 saturated heterocycles. The van der Waals surface area contributed by atoms with Crippen molar-refractivity contribution in [2.24, 2.45) is 0 Å². The maximum atomic E-state index is 13.0. The molecule has 0 fully saturated rings. The molecule has 0 atom stereocenters. The molecular formula is C12H12FN5. The Bertz CT molecular complexity index is 644. The van der Waals surface area contributed by atoms with Crippen molar-refractivity contribution in [1.82, 2.24) is 19.7 Å². The average molecular weight is 245 g/mol. The summed E-state index contributed by atoms with van der Waals surface area (Å²) in [5, 5.41) is 7.24. The summed E-state index contributed by atoms with van der Waals surface area (Å²) in [6.45, 7) is 1.45. The topological polar surface area (TPSA) is 58.5 Å². The fourth-order valence-corrected chi connectivity index (χ4v) is 1.79. The number of hydrogen-bond donors (Lipinski definition) is 2. The number of hydrogen-bond acceptors (Lipinski definition) is 3. The Morgan fingerprint density at radius 2 is 2.33 bits per heavy atom. The zero-order chi connectivity index (χ0) is 12.4. The van der Waals surface area contributed by atoms with Crippen molar-refractivity contribution < 1.29 is 4.39 Å². The number of nitrogens with zero attached hydrogens (tertiary/aromatic N) is 3. The Morgan fingerprint density at radius 3 is 3.17 bits per heavy atom. The van der Waals surface area contributed by atoms with Gasteiger partial charge in [0.15, 0.2) is 0 Å². The lowest BCUT2D eigenvalue weighted by Gasteiger charge is -2.02. The second-order valence-electron chi connectivity index (χ2n) is 3.94. The van der Waals surface area contributed by atoms with Gasteiger partial charge in [0.25, 0.3) is 0 Å². The van der Waals surface area contributed by atoms with Gasteiger partial charge in [-0.1, -0.05) is 0 Å². The summed E-state index contributed by atoms with van der Waals surface area (Å²) in [5.41, 5.74) is 1.44. The minimum atomic E-state index is -0.269. The third-order valence-electron chi connectivity index (χ3n) is 2.64. The molecule has 3 aromatic rings. The van der Waals surface area contributed by atoms with Crippen LogP contribution in [0.2, 0.25) is 0 Å². The molecule has 0 unspecified atom stereocenters. The molecule has 1 aromatic carbocycles. The van der Waals surface area contributed by atoms with E-state index >= 15 is 0 Å². The first-order valence-electron chi connectivity index (χ1n) is 5.68. The molecule has 18 heavy (non-hydrogen) atoms. The number of imidazole rings is 1. The van der Waals surface area contributed by atoms with Crippen LogP contribution in [-0.2, 0) is 6.54 Å². The predicted molar refractivity (Wildman–Crippen MR) is 66.8 cm³/mol. The normalized spacial score (nSPS) is 10.9. The summed E-state index contributed by atoms with van der Waals surface area (Å²) < 4.78 is 14.8. The van der Waals surface area contributed by atoms with Crippen LogP contribution in [0.15, 0.2) is 36.7 Å². The lowest BCUT2D eigenvalue weighted by molar-refractivity contribution is 0.629. The molecule has 2 heterocycles. The minimum absolute atomic E-state index is 0.269. The van der Waals surface area contributed by atoms with Crippen LogP contribution in [0.25, 0.3) is 11.0 Å². The van der Waals surface area contributed by atoms with Crippen LogP contribution in [-0.4, -0.2) is 26.3 Å². The van der Waals surface area contributed by atoms with Gasteiger partial charge in [-0.15, -0.1) is 0 Å². The fraction of sp³-hybridized carbons (Fsp3) is 0.167. The SMILES string of the molecule is Fc1ccc2nc(NCCn3cccn3)[nH]c2c1. The standard InChI is InChI=1S/C12H12FN5/c13-9-2-3-10-11(8-9)17-12(16-10)14-5-7-18-6-1-4-15-18/h1-4,6,8H,5,7H2,(H2,14,16,17). The quantitative estimate of drug-likeness (QED) is 0.739. The number of benzene rings is 1. The summed E-state index contributed by atoms with van der Waals surface area (Å²) in [4.78, 5) is 7.33. The Kier molecular flexibility index (Phi) is 2.68. The van der Waals surface area contributed by atoms with E-state index in [0.29, 0.717) is 18.0 Å². The highest BCUT2D eigenvalue weighted by Crippen LogP contribution is 2.15. The molecule has 0 amide bonds. The molecule has 0 aliphatic rings. The van der Waals surface area contributed by atoms with Gasteiger partial charge in [-0.25, -0.2) is 9.37 Å². The highest BCUT2D eigenvalue weighted by molar-refractivity contribution is 5.77. The highest BCUT2D eigenvalue weighted by atomic mass is 19.1. The van der Waals surface area contributed by atoms with Gasteiger partial charge < -0.3 is 10.3 Å². The lowest BCUT2D eigenvalue weighted by Crippen LogP contribution is -2.11. The number of anilines is 1. The summed E-state index contributed by atoms with van der Waals surface area (Å²) in [7, 11) is 0. The number of H-pyrrole nitrogens is 1. The maximum absolute atomic E-state index is 13.0. The first-order chi connectivity index (χ1) is 8.81. The van der Waals surface area contributed by atoms with Gasteiger partial charge in [-0.2, -0.15) is 5.10 Å². The van der Waals surface area contributed by atoms with E-state index in [0.717, 1.165) is 12.1 Å². The van der Waals surface area contributed by atoms with Gasteiger partial charge >= 0.3 is 0 Å². The molecular weight excluding hydrogens is 233 g/mol. The molecule has 92 valence electrons. The minimum Gasteiger partial charge on any atom is -0.354 e. The Labute approximate surface area is 103 Å². The van der Waals surface area contributed by atoms with Crippen LogP contribution in [0, 0.1) is 5.82 Å². The monoisotopic (exact) mass is 245 g/mol. The molecule has 6 heteroatoms. The van der Waals surface area contributed by atoms with Gasteiger partial charge in [-0.05, 0) is 24.3 Å². The largest absolute Gasteiger partial charge is 0.354 e. The van der Waals surface area contributed by atoms with Crippen LogP contribution in [0.3, 0.4) is 0 Å². The summed E-state index contributed by atoms with van der Waals surface area (Å²) in [6, 6.07) is 6.36. The van der Waals surface area contributed by atoms with Gasteiger partial charge in [0.05, 0.1) is 17.6 Å². The van der Waals surface area contributed by atoms with Gasteiger partial charge in [0.1, 0.15) is 5.82 Å². The van der Waals surface area contributed by atoms with E-state index in [1.807, 2.05) is 16.9 Å². The molecule has 0 bridgehead atoms. The molecule has 0 aliphatic carbocycles. The maximum Gasteiger partial charge on any atom is 0.201 e. The van der Waals surface area contributed by atoms with Gasteiger partial charge in [0.2, 0.25) is 5.95 Å². The summed E-state index contributed by atoms with van der Waals surface area (Å²) in [6.07, 6.45) is 3.64. The van der Waals surface area contributed by atoms with Crippen LogP contribution >= 0.6 is 0 Å². The van der Waals surface area contributed by atoms with E-state index in [1.165, 1.54) is 12.1 Å². The number of halogens is 1. The molecule has 0 radical (unpaired) electrons. The van der Waals surface area contributed by atoms with Crippen molar-refractivity contribution in [3.8, 4) is 0 Å². The Morgan fingerprint density at radius 1 is 1.39 bits per heavy atom. The highest BCUT2D eigenvalue weighted by Gasteiger charge is 2.02. The molecule has 2 aromatic heterocycles. The van der Waals surface area contributed by atoms with Crippen LogP contribution < -0.4 is 5.32 Å². The number of rotatable bonds is 4. The number of nitrogens with one attached hydrogen (secondary N) is 2. The summed E-state index contributed by atoms with van der Waals surface area (Å²) >= 11 is 0. The van der Waals surface area contributed by atoms with E-state index in [1.54, 1.807) is 12.3 Å². The Balaban J connectivity index is 1.67. The van der Waals surface area contributed by atoms with Crippen molar-refractivity contribution in [2.75, 3.05) is 11.9 Å². The van der Waals surface area contributed by atoms with E-state index in [9.17, 15) is 4.39 Å². The van der Waals surface area contributed by atoms with Crippen molar-refractivity contribution in [2.45, 2.75) is 6.54 Å². The zero-order valence-corrected chi connectivity index (χ0v) is 9.60. The van der Waals surface area contributed by atoms with Crippen LogP contribution in [0.4, 0.5) is 10.3 Å². The molecule has 5 nitrogen and oxygen atoms in total. The molecule has 2 N–H and O–H groups in total. The predicted octanol–water partition coefficient (Wildman–Crippen LogP) is 2.01. The second-order valence-corrected chi connectivity index (χ2v) is 3.94. The van der Waals surface area contributed by atoms with E-state index in [4.69, 9.17) is 0 Å². The number of fused-ring (bicyclic) bond motifs is 1. The molecule has 0 spiro atoms. The summed E-state index contributed by atoms with van der Waals surface area (Å²) in [5.74, 6) is 0.372. The van der Waals surface area contributed by atoms with E-state index in [2.05, 4.69) is 20.4 Å². The zero-order valence-electron chi connectivity index (χ0n) is 9.60. The molecule has 3 rings (SSSR count). The fourth-order valence-electron chi connectivity index (χ4n) is 1.79. The van der Waals surface area contributed by atoms with E-state index < -0.39 is 0 Å². The van der Waals surface area contributed by atoms with E-state index in [-0.39, 0.29) is 5.82 Å². The molecule has 0 saturated carbocycles. The lowest BCUT2D eigenvalue weighted by atomic mass is 10.3. The third kappa shape index (κ3) is 2.17. The number of aromatic amines is 1. The first kappa shape index (κ1) is 10.8. The second kappa shape index (κ2) is 4.48. The van der Waals surface area contributed by atoms with Gasteiger partial charge in [-0.3, -0.25) is 4.68 Å². The van der Waals surface area contributed by atoms with Crippen LogP contribution in [0.1, 0.15) is 0 Å². The van der Waals surface area contributed by atoms with Crippen molar-refractivity contribution in [3.63, 3.8) is 0 Å². The van der Waals surface area contributed by atoms with Crippen molar-refractivity contribution in [3.05, 3.63) is 42.5 Å². The number of aromatic nitrogens is 4.